The third kappa shape index (κ3) is 5.21. The van der Waals surface area contributed by atoms with E-state index in [4.69, 9.17) is 32.8 Å². The van der Waals surface area contributed by atoms with E-state index in [-0.39, 0.29) is 12.0 Å². The minimum absolute atomic E-state index is 0.0376. The normalized spacial score (nSPS) is 15.3. The number of benzene rings is 2. The Morgan fingerprint density at radius 1 is 1.19 bits per heavy atom. The molecular weight excluding hydrogens is 455 g/mol. The molecule has 4 rings (SSSR count). The Hall–Kier alpha value is -2.54. The Kier molecular flexibility index (Phi) is 6.80. The van der Waals surface area contributed by atoms with Crippen molar-refractivity contribution in [3.8, 4) is 5.75 Å². The van der Waals surface area contributed by atoms with Crippen LogP contribution in [0.4, 0.5) is 0 Å². The van der Waals surface area contributed by atoms with Crippen LogP contribution in [-0.2, 0) is 11.4 Å². The summed E-state index contributed by atoms with van der Waals surface area (Å²) in [5, 5.41) is 7.09. The molecule has 5 nitrogen and oxygen atoms in total. The lowest BCUT2D eigenvalue weighted by Gasteiger charge is -2.24. The van der Waals surface area contributed by atoms with Crippen molar-refractivity contribution in [2.45, 2.75) is 19.1 Å². The summed E-state index contributed by atoms with van der Waals surface area (Å²) >= 11 is 13.6. The minimum atomic E-state index is -0.251. The molecular formula is C23H20Cl2N2O3S. The zero-order valence-electron chi connectivity index (χ0n) is 16.8. The molecule has 1 aromatic heterocycles. The number of thiophene rings is 1. The number of methoxy groups -OCH3 is 1. The van der Waals surface area contributed by atoms with Gasteiger partial charge in [-0.3, -0.25) is 4.79 Å². The molecule has 0 saturated carbocycles. The number of nitrogens with zero attached hydrogens (tertiary/aromatic N) is 2. The van der Waals surface area contributed by atoms with Gasteiger partial charge < -0.3 is 14.5 Å². The average molecular weight is 475 g/mol. The Labute approximate surface area is 194 Å². The van der Waals surface area contributed by atoms with Crippen LogP contribution in [0, 0.1) is 0 Å². The van der Waals surface area contributed by atoms with E-state index >= 15 is 0 Å². The second kappa shape index (κ2) is 9.73. The predicted octanol–water partition coefficient (Wildman–Crippen LogP) is 5.90. The number of amides is 1. The summed E-state index contributed by atoms with van der Waals surface area (Å²) in [5.74, 6) is 0.716. The highest BCUT2D eigenvalue weighted by Crippen LogP contribution is 2.26. The molecule has 0 unspecified atom stereocenters. The lowest BCUT2D eigenvalue weighted by molar-refractivity contribution is 0.0408. The van der Waals surface area contributed by atoms with Gasteiger partial charge in [0.1, 0.15) is 5.75 Å². The molecule has 1 atom stereocenters. The number of ether oxygens (including phenoxy) is 1. The van der Waals surface area contributed by atoms with Crippen LogP contribution in [0.5, 0.6) is 5.75 Å². The van der Waals surface area contributed by atoms with Gasteiger partial charge in [0.05, 0.1) is 34.3 Å². The Balaban J connectivity index is 1.49. The molecule has 0 spiro atoms. The first kappa shape index (κ1) is 21.7. The zero-order valence-corrected chi connectivity index (χ0v) is 19.1. The summed E-state index contributed by atoms with van der Waals surface area (Å²) in [7, 11) is 1.63. The molecule has 0 aliphatic carbocycles. The quantitative estimate of drug-likeness (QED) is 0.428. The van der Waals surface area contributed by atoms with Gasteiger partial charge in [0.15, 0.2) is 6.10 Å². The fourth-order valence-electron chi connectivity index (χ4n) is 3.38. The lowest BCUT2D eigenvalue weighted by atomic mass is 10.0. The molecule has 2 aromatic carbocycles. The summed E-state index contributed by atoms with van der Waals surface area (Å²) < 4.78 is 5.32. The minimum Gasteiger partial charge on any atom is -0.497 e. The first-order valence-electron chi connectivity index (χ1n) is 9.67. The monoisotopic (exact) mass is 474 g/mol. The van der Waals surface area contributed by atoms with Crippen molar-refractivity contribution in [3.63, 3.8) is 0 Å². The van der Waals surface area contributed by atoms with E-state index in [0.717, 1.165) is 22.6 Å². The van der Waals surface area contributed by atoms with Crippen molar-refractivity contribution < 1.29 is 14.4 Å². The molecule has 3 aromatic rings. The Morgan fingerprint density at radius 3 is 2.81 bits per heavy atom. The van der Waals surface area contributed by atoms with E-state index < -0.39 is 0 Å². The maximum absolute atomic E-state index is 13.2. The van der Waals surface area contributed by atoms with Crippen LogP contribution in [-0.4, -0.2) is 36.3 Å². The van der Waals surface area contributed by atoms with Gasteiger partial charge in [-0.1, -0.05) is 52.6 Å². The van der Waals surface area contributed by atoms with Gasteiger partial charge in [0, 0.05) is 18.5 Å². The summed E-state index contributed by atoms with van der Waals surface area (Å²) in [4.78, 5) is 21.3. The van der Waals surface area contributed by atoms with Crippen molar-refractivity contribution in [1.29, 1.82) is 0 Å². The first-order chi connectivity index (χ1) is 15.0. The van der Waals surface area contributed by atoms with E-state index in [1.54, 1.807) is 24.1 Å². The fourth-order valence-corrected chi connectivity index (χ4v) is 4.37. The fraction of sp³-hybridized carbons (Fsp3) is 0.217. The van der Waals surface area contributed by atoms with E-state index in [0.29, 0.717) is 34.4 Å². The molecule has 31 heavy (non-hydrogen) atoms. The Morgan fingerprint density at radius 2 is 2.06 bits per heavy atom. The Bertz CT molecular complexity index is 1100. The third-order valence-electron chi connectivity index (χ3n) is 4.94. The van der Waals surface area contributed by atoms with Crippen molar-refractivity contribution in [2.24, 2.45) is 5.16 Å². The molecule has 160 valence electrons. The van der Waals surface area contributed by atoms with Gasteiger partial charge >= 0.3 is 0 Å². The molecule has 1 amide bonds. The number of carbonyl (C=O) groups excluding carboxylic acids is 1. The topological polar surface area (TPSA) is 51.1 Å². The number of halogens is 2. The summed E-state index contributed by atoms with van der Waals surface area (Å²) in [6.45, 7) is 0.845. The smallest absolute Gasteiger partial charge is 0.264 e. The van der Waals surface area contributed by atoms with E-state index in [1.165, 1.54) is 11.3 Å². The van der Waals surface area contributed by atoms with Crippen LogP contribution < -0.4 is 4.74 Å². The highest BCUT2D eigenvalue weighted by Gasteiger charge is 2.28. The number of carbonyl (C=O) groups is 1. The predicted molar refractivity (Wildman–Crippen MR) is 125 cm³/mol. The van der Waals surface area contributed by atoms with Crippen LogP contribution in [0.15, 0.2) is 65.1 Å². The number of hydrogen-bond acceptors (Lipinski definition) is 5. The van der Waals surface area contributed by atoms with Crippen molar-refractivity contribution in [1.82, 2.24) is 4.90 Å². The van der Waals surface area contributed by atoms with E-state index in [9.17, 15) is 4.79 Å². The highest BCUT2D eigenvalue weighted by atomic mass is 35.5. The molecule has 0 saturated heterocycles. The van der Waals surface area contributed by atoms with Crippen LogP contribution in [0.1, 0.15) is 27.2 Å². The largest absolute Gasteiger partial charge is 0.497 e. The molecule has 0 fully saturated rings. The average Bonchev–Trinajstić information content (AvgIpc) is 3.47. The van der Waals surface area contributed by atoms with Crippen LogP contribution in [0.3, 0.4) is 0 Å². The van der Waals surface area contributed by atoms with Gasteiger partial charge in [0.25, 0.3) is 5.91 Å². The highest BCUT2D eigenvalue weighted by molar-refractivity contribution is 7.12. The molecule has 2 heterocycles. The van der Waals surface area contributed by atoms with Crippen LogP contribution >= 0.6 is 34.5 Å². The molecule has 0 bridgehead atoms. The molecule has 0 radical (unpaired) electrons. The molecule has 1 aliphatic heterocycles. The summed E-state index contributed by atoms with van der Waals surface area (Å²) in [6.07, 6.45) is 0.323. The van der Waals surface area contributed by atoms with Gasteiger partial charge in [-0.05, 0) is 41.3 Å². The second-order valence-electron chi connectivity index (χ2n) is 7.11. The maximum Gasteiger partial charge on any atom is 0.264 e. The molecule has 1 aliphatic rings. The lowest BCUT2D eigenvalue weighted by Crippen LogP contribution is -2.37. The van der Waals surface area contributed by atoms with Gasteiger partial charge in [-0.2, -0.15) is 0 Å². The summed E-state index contributed by atoms with van der Waals surface area (Å²) in [5.41, 5.74) is 2.63. The van der Waals surface area contributed by atoms with Crippen LogP contribution in [0.2, 0.25) is 10.0 Å². The zero-order chi connectivity index (χ0) is 21.8. The van der Waals surface area contributed by atoms with Crippen molar-refractivity contribution in [3.05, 3.63) is 86.0 Å². The number of rotatable bonds is 7. The third-order valence-corrected chi connectivity index (χ3v) is 6.53. The van der Waals surface area contributed by atoms with Crippen molar-refractivity contribution in [2.75, 3.05) is 13.7 Å². The first-order valence-corrected chi connectivity index (χ1v) is 11.3. The summed E-state index contributed by atoms with van der Waals surface area (Å²) in [6, 6.07) is 16.8. The SMILES string of the molecule is COc1cccc(CN(C[C@H]2CC(c3ccc(Cl)c(Cl)c3)=NO2)C(=O)c2cccs2)c1. The molecule has 8 heteroatoms. The van der Waals surface area contributed by atoms with Crippen LogP contribution in [0.25, 0.3) is 0 Å². The van der Waals surface area contributed by atoms with Gasteiger partial charge in [0.2, 0.25) is 0 Å². The standard InChI is InChI=1S/C23H20Cl2N2O3S/c1-29-17-5-2-4-15(10-17)13-27(23(28)22-6-3-9-31-22)14-18-12-21(26-30-18)16-7-8-19(24)20(25)11-16/h2-11,18H,12-14H2,1H3/t18-/m1/s1. The van der Waals surface area contributed by atoms with E-state index in [2.05, 4.69) is 5.16 Å². The van der Waals surface area contributed by atoms with Gasteiger partial charge in [-0.15, -0.1) is 11.3 Å². The molecule has 0 N–H and O–H groups in total. The van der Waals surface area contributed by atoms with Crippen molar-refractivity contribution >= 4 is 46.2 Å². The number of oxime groups is 1. The number of hydrogen-bond donors (Lipinski definition) is 0. The maximum atomic E-state index is 13.2. The van der Waals surface area contributed by atoms with E-state index in [1.807, 2.05) is 47.8 Å². The van der Waals surface area contributed by atoms with Gasteiger partial charge in [-0.25, -0.2) is 0 Å². The second-order valence-corrected chi connectivity index (χ2v) is 8.88.